The van der Waals surface area contributed by atoms with Gasteiger partial charge in [-0.2, -0.15) is 0 Å². The number of hydrogen-bond donors (Lipinski definition) is 1. The number of aliphatic hydroxyl groups is 1. The fourth-order valence-corrected chi connectivity index (χ4v) is 5.14. The Morgan fingerprint density at radius 1 is 0.906 bits per heavy atom. The van der Waals surface area contributed by atoms with E-state index in [0.717, 1.165) is 59.0 Å². The molecule has 3 aromatic rings. The van der Waals surface area contributed by atoms with Crippen LogP contribution in [0.5, 0.6) is 11.5 Å². The molecule has 1 spiro atoms. The van der Waals surface area contributed by atoms with E-state index >= 15 is 0 Å². The van der Waals surface area contributed by atoms with E-state index in [1.807, 2.05) is 18.2 Å². The summed E-state index contributed by atoms with van der Waals surface area (Å²) >= 11 is 0. The van der Waals surface area contributed by atoms with E-state index in [4.69, 9.17) is 9.47 Å². The van der Waals surface area contributed by atoms with Gasteiger partial charge in [-0.3, -0.25) is 0 Å². The van der Waals surface area contributed by atoms with Crippen LogP contribution in [0, 0.1) is 0 Å². The summed E-state index contributed by atoms with van der Waals surface area (Å²) in [6, 6.07) is 20.7. The first kappa shape index (κ1) is 21.0. The maximum Gasteiger partial charge on any atom is 0.183 e. The molecule has 0 saturated heterocycles. The number of benzene rings is 3. The summed E-state index contributed by atoms with van der Waals surface area (Å²) in [4.78, 5) is 2.31. The summed E-state index contributed by atoms with van der Waals surface area (Å²) in [5.74, 6) is 2.02. The largest absolute Gasteiger partial charge is 0.456 e. The van der Waals surface area contributed by atoms with Crippen LogP contribution in [0.3, 0.4) is 0 Å². The standard InChI is InChI=1S/C28H31NO3/c1-5-18(4)19-12-14-23-25(16-19)31-26-17-20(29(6-2)7-3)13-15-24(26)28(23)22-11-9-8-10-21(22)27(30)32-28/h8-18,27,30H,5-7H2,1-4H3. The molecule has 0 saturated carbocycles. The third-order valence-electron chi connectivity index (χ3n) is 7.15. The van der Waals surface area contributed by atoms with Crippen LogP contribution in [0.1, 0.15) is 74.1 Å². The molecule has 0 radical (unpaired) electrons. The van der Waals surface area contributed by atoms with E-state index in [0.29, 0.717) is 5.92 Å². The highest BCUT2D eigenvalue weighted by molar-refractivity contribution is 5.67. The molecule has 0 fully saturated rings. The van der Waals surface area contributed by atoms with Gasteiger partial charge in [-0.05, 0) is 49.9 Å². The van der Waals surface area contributed by atoms with Gasteiger partial charge in [0.25, 0.3) is 0 Å². The summed E-state index contributed by atoms with van der Waals surface area (Å²) < 4.78 is 13.0. The molecule has 3 aromatic carbocycles. The second kappa shape index (κ2) is 7.95. The lowest BCUT2D eigenvalue weighted by Crippen LogP contribution is -2.33. The van der Waals surface area contributed by atoms with Gasteiger partial charge in [-0.1, -0.05) is 50.2 Å². The van der Waals surface area contributed by atoms with Crippen LogP contribution in [0.25, 0.3) is 0 Å². The smallest absolute Gasteiger partial charge is 0.183 e. The van der Waals surface area contributed by atoms with Gasteiger partial charge in [0.1, 0.15) is 11.5 Å². The van der Waals surface area contributed by atoms with Crippen molar-refractivity contribution in [1.82, 2.24) is 0 Å². The predicted octanol–water partition coefficient (Wildman–Crippen LogP) is 6.47. The highest BCUT2D eigenvalue weighted by Gasteiger charge is 2.52. The van der Waals surface area contributed by atoms with E-state index in [2.05, 4.69) is 75.1 Å². The molecule has 0 amide bonds. The number of hydrogen-bond acceptors (Lipinski definition) is 4. The summed E-state index contributed by atoms with van der Waals surface area (Å²) in [6.07, 6.45) is 0.0757. The molecule has 2 heterocycles. The van der Waals surface area contributed by atoms with Crippen LogP contribution >= 0.6 is 0 Å². The third kappa shape index (κ3) is 2.97. The van der Waals surface area contributed by atoms with Crippen LogP contribution in [0.15, 0.2) is 60.7 Å². The molecule has 4 heteroatoms. The van der Waals surface area contributed by atoms with Crippen molar-refractivity contribution in [1.29, 1.82) is 0 Å². The Morgan fingerprint density at radius 3 is 2.31 bits per heavy atom. The molecule has 166 valence electrons. The zero-order valence-corrected chi connectivity index (χ0v) is 19.3. The number of fused-ring (bicyclic) bond motifs is 6. The predicted molar refractivity (Wildman–Crippen MR) is 128 cm³/mol. The number of aliphatic hydroxyl groups excluding tert-OH is 1. The maximum atomic E-state index is 10.9. The average molecular weight is 430 g/mol. The van der Waals surface area contributed by atoms with Crippen molar-refractivity contribution in [2.45, 2.75) is 51.9 Å². The minimum absolute atomic E-state index is 0.436. The Morgan fingerprint density at radius 2 is 1.59 bits per heavy atom. The number of rotatable bonds is 5. The van der Waals surface area contributed by atoms with Gasteiger partial charge in [0.15, 0.2) is 11.9 Å². The van der Waals surface area contributed by atoms with Gasteiger partial charge >= 0.3 is 0 Å². The van der Waals surface area contributed by atoms with Gasteiger partial charge in [-0.15, -0.1) is 0 Å². The van der Waals surface area contributed by atoms with E-state index in [1.165, 1.54) is 5.56 Å². The zero-order valence-electron chi connectivity index (χ0n) is 19.3. The van der Waals surface area contributed by atoms with E-state index in [1.54, 1.807) is 0 Å². The van der Waals surface area contributed by atoms with Crippen molar-refractivity contribution in [3.63, 3.8) is 0 Å². The molecule has 0 bridgehead atoms. The Balaban J connectivity index is 1.76. The quantitative estimate of drug-likeness (QED) is 0.505. The maximum absolute atomic E-state index is 10.9. The highest BCUT2D eigenvalue weighted by Crippen LogP contribution is 2.59. The molecule has 0 aromatic heterocycles. The van der Waals surface area contributed by atoms with Crippen LogP contribution in [0.2, 0.25) is 0 Å². The van der Waals surface area contributed by atoms with Gasteiger partial charge in [-0.25, -0.2) is 0 Å². The third-order valence-corrected chi connectivity index (χ3v) is 7.15. The van der Waals surface area contributed by atoms with Crippen LogP contribution in [0.4, 0.5) is 5.69 Å². The van der Waals surface area contributed by atoms with Gasteiger partial charge in [0, 0.05) is 47.1 Å². The topological polar surface area (TPSA) is 41.9 Å². The molecule has 1 N–H and O–H groups in total. The van der Waals surface area contributed by atoms with Crippen molar-refractivity contribution >= 4 is 5.69 Å². The molecule has 5 rings (SSSR count). The normalized spacial score (nSPS) is 21.5. The molecule has 3 unspecified atom stereocenters. The van der Waals surface area contributed by atoms with Gasteiger partial charge in [0.2, 0.25) is 0 Å². The van der Waals surface area contributed by atoms with Crippen molar-refractivity contribution < 1.29 is 14.6 Å². The van der Waals surface area contributed by atoms with Crippen LogP contribution < -0.4 is 9.64 Å². The van der Waals surface area contributed by atoms with Gasteiger partial charge in [0.05, 0.1) is 0 Å². The fourth-order valence-electron chi connectivity index (χ4n) is 5.14. The Bertz CT molecular complexity index is 1150. The highest BCUT2D eigenvalue weighted by atomic mass is 16.6. The van der Waals surface area contributed by atoms with E-state index in [-0.39, 0.29) is 0 Å². The Hall–Kier alpha value is -2.82. The zero-order chi connectivity index (χ0) is 22.5. The SMILES string of the molecule is CCC(C)c1ccc2c(c1)Oc1cc(N(CC)CC)ccc1C21OC(O)c2ccccc21. The number of anilines is 1. The molecule has 3 atom stereocenters. The summed E-state index contributed by atoms with van der Waals surface area (Å²) in [5, 5.41) is 10.9. The molecule has 0 aliphatic carbocycles. The van der Waals surface area contributed by atoms with E-state index in [9.17, 15) is 5.11 Å². The van der Waals surface area contributed by atoms with E-state index < -0.39 is 11.9 Å². The van der Waals surface area contributed by atoms with Crippen LogP contribution in [-0.2, 0) is 10.3 Å². The van der Waals surface area contributed by atoms with Crippen LogP contribution in [-0.4, -0.2) is 18.2 Å². The number of ether oxygens (including phenoxy) is 2. The Kier molecular flexibility index (Phi) is 5.23. The summed E-state index contributed by atoms with van der Waals surface area (Å²) in [6.45, 7) is 10.6. The second-order valence-corrected chi connectivity index (χ2v) is 8.76. The molecule has 2 aliphatic heterocycles. The first-order valence-electron chi connectivity index (χ1n) is 11.7. The molecular weight excluding hydrogens is 398 g/mol. The average Bonchev–Trinajstić information content (AvgIpc) is 3.12. The first-order chi connectivity index (χ1) is 15.5. The minimum atomic E-state index is -0.985. The van der Waals surface area contributed by atoms with Crippen molar-refractivity contribution in [3.05, 3.63) is 88.5 Å². The first-order valence-corrected chi connectivity index (χ1v) is 11.7. The van der Waals surface area contributed by atoms with Crippen molar-refractivity contribution in [2.24, 2.45) is 0 Å². The van der Waals surface area contributed by atoms with Crippen molar-refractivity contribution in [3.8, 4) is 11.5 Å². The molecular formula is C28H31NO3. The lowest BCUT2D eigenvalue weighted by atomic mass is 9.77. The van der Waals surface area contributed by atoms with Crippen molar-refractivity contribution in [2.75, 3.05) is 18.0 Å². The lowest BCUT2D eigenvalue weighted by molar-refractivity contribution is -0.142. The summed E-state index contributed by atoms with van der Waals surface area (Å²) in [5.41, 5.74) is 5.14. The molecule has 4 nitrogen and oxygen atoms in total. The second-order valence-electron chi connectivity index (χ2n) is 8.76. The fraction of sp³-hybridized carbons (Fsp3) is 0.357. The van der Waals surface area contributed by atoms with Gasteiger partial charge < -0.3 is 19.5 Å². The lowest BCUT2D eigenvalue weighted by Gasteiger charge is -2.38. The molecule has 2 aliphatic rings. The molecule has 32 heavy (non-hydrogen) atoms. The monoisotopic (exact) mass is 429 g/mol. The Labute approximate surface area is 190 Å². The number of nitrogens with zero attached hydrogens (tertiary/aromatic N) is 1. The summed E-state index contributed by atoms with van der Waals surface area (Å²) in [7, 11) is 0. The minimum Gasteiger partial charge on any atom is -0.456 e.